The van der Waals surface area contributed by atoms with E-state index >= 15 is 0 Å². The molecule has 128 valence electrons. The normalized spacial score (nSPS) is 13.2. The molecular formula is C18H15ClN2O4. The van der Waals surface area contributed by atoms with Crippen molar-refractivity contribution in [3.05, 3.63) is 64.2 Å². The minimum absolute atomic E-state index is 0.253. The van der Waals surface area contributed by atoms with Crippen molar-refractivity contribution in [2.45, 2.75) is 6.61 Å². The monoisotopic (exact) mass is 358 g/mol. The van der Waals surface area contributed by atoms with E-state index in [9.17, 15) is 19.5 Å². The molecule has 2 aromatic carbocycles. The molecule has 0 spiro atoms. The second-order valence-corrected chi connectivity index (χ2v) is 5.98. The van der Waals surface area contributed by atoms with E-state index in [4.69, 9.17) is 11.6 Å². The Kier molecular flexibility index (Phi) is 4.57. The van der Waals surface area contributed by atoms with Crippen LogP contribution in [-0.4, -0.2) is 41.3 Å². The molecule has 0 unspecified atom stereocenters. The van der Waals surface area contributed by atoms with E-state index in [1.807, 2.05) is 0 Å². The Morgan fingerprint density at radius 2 is 1.68 bits per heavy atom. The molecule has 1 aliphatic heterocycles. The predicted molar refractivity (Wildman–Crippen MR) is 92.6 cm³/mol. The Morgan fingerprint density at radius 1 is 1.08 bits per heavy atom. The van der Waals surface area contributed by atoms with Crippen molar-refractivity contribution in [2.75, 3.05) is 18.5 Å². The summed E-state index contributed by atoms with van der Waals surface area (Å²) in [6, 6.07) is 11.4. The lowest BCUT2D eigenvalue weighted by atomic mass is 10.1. The van der Waals surface area contributed by atoms with Gasteiger partial charge in [-0.3, -0.25) is 19.3 Å². The summed E-state index contributed by atoms with van der Waals surface area (Å²) >= 11 is 6.19. The zero-order valence-electron chi connectivity index (χ0n) is 13.4. The highest BCUT2D eigenvalue weighted by Crippen LogP contribution is 2.29. The summed E-state index contributed by atoms with van der Waals surface area (Å²) in [6.07, 6.45) is 0. The number of carbonyl (C=O) groups is 3. The summed E-state index contributed by atoms with van der Waals surface area (Å²) in [4.78, 5) is 39.4. The van der Waals surface area contributed by atoms with Crippen LogP contribution >= 0.6 is 11.6 Å². The number of anilines is 1. The molecule has 0 saturated heterocycles. The molecule has 0 aliphatic carbocycles. The van der Waals surface area contributed by atoms with Gasteiger partial charge in [-0.05, 0) is 23.8 Å². The summed E-state index contributed by atoms with van der Waals surface area (Å²) in [7, 11) is 1.50. The Morgan fingerprint density at radius 3 is 2.24 bits per heavy atom. The number of rotatable bonds is 4. The molecule has 3 amide bonds. The molecule has 0 atom stereocenters. The highest BCUT2D eigenvalue weighted by Gasteiger charge is 2.36. The molecule has 0 bridgehead atoms. The first-order valence-corrected chi connectivity index (χ1v) is 7.93. The average molecular weight is 359 g/mol. The molecule has 6 nitrogen and oxygen atoms in total. The van der Waals surface area contributed by atoms with Crippen molar-refractivity contribution in [1.82, 2.24) is 4.90 Å². The number of likely N-dealkylation sites (N-methyl/N-ethyl adjacent to an activating group) is 1. The number of halogens is 1. The number of nitrogens with zero attached hydrogens (tertiary/aromatic N) is 2. The van der Waals surface area contributed by atoms with Crippen molar-refractivity contribution in [2.24, 2.45) is 0 Å². The number of imide groups is 1. The zero-order chi connectivity index (χ0) is 18.1. The zero-order valence-corrected chi connectivity index (χ0v) is 14.2. The van der Waals surface area contributed by atoms with E-state index in [-0.39, 0.29) is 18.2 Å². The van der Waals surface area contributed by atoms with Crippen LogP contribution in [0.15, 0.2) is 42.5 Å². The van der Waals surface area contributed by atoms with Crippen molar-refractivity contribution >= 4 is 35.0 Å². The fraction of sp³-hybridized carbons (Fsp3) is 0.167. The maximum atomic E-state index is 12.6. The van der Waals surface area contributed by atoms with Gasteiger partial charge in [0.05, 0.1) is 28.4 Å². The number of carbonyl (C=O) groups excluding carboxylic acids is 3. The minimum Gasteiger partial charge on any atom is -0.392 e. The molecule has 3 rings (SSSR count). The van der Waals surface area contributed by atoms with E-state index in [0.717, 1.165) is 4.90 Å². The van der Waals surface area contributed by atoms with Crippen LogP contribution in [0.2, 0.25) is 5.02 Å². The van der Waals surface area contributed by atoms with Crippen LogP contribution in [-0.2, 0) is 11.4 Å². The molecule has 1 N–H and O–H groups in total. The van der Waals surface area contributed by atoms with Gasteiger partial charge in [0.25, 0.3) is 11.8 Å². The van der Waals surface area contributed by atoms with Crippen LogP contribution in [0.4, 0.5) is 5.69 Å². The van der Waals surface area contributed by atoms with Crippen molar-refractivity contribution in [3.8, 4) is 0 Å². The highest BCUT2D eigenvalue weighted by atomic mass is 35.5. The first-order chi connectivity index (χ1) is 12.0. The van der Waals surface area contributed by atoms with Gasteiger partial charge in [-0.1, -0.05) is 35.9 Å². The molecule has 7 heteroatoms. The Hall–Kier alpha value is -2.70. The molecule has 25 heavy (non-hydrogen) atoms. The van der Waals surface area contributed by atoms with Crippen LogP contribution in [0.25, 0.3) is 0 Å². The van der Waals surface area contributed by atoms with Crippen LogP contribution in [0.5, 0.6) is 0 Å². The molecule has 0 saturated carbocycles. The lowest BCUT2D eigenvalue weighted by Gasteiger charge is -2.22. The lowest BCUT2D eigenvalue weighted by Crippen LogP contribution is -2.41. The maximum absolute atomic E-state index is 12.6. The largest absolute Gasteiger partial charge is 0.392 e. The average Bonchev–Trinajstić information content (AvgIpc) is 2.86. The maximum Gasteiger partial charge on any atom is 0.262 e. The SMILES string of the molecule is CN(C(=O)CN1C(=O)c2ccccc2C1=O)c1cccc(CO)c1Cl. The van der Waals surface area contributed by atoms with E-state index in [0.29, 0.717) is 22.4 Å². The number of fused-ring (bicyclic) bond motifs is 1. The molecule has 0 radical (unpaired) electrons. The first kappa shape index (κ1) is 17.1. The highest BCUT2D eigenvalue weighted by molar-refractivity contribution is 6.34. The number of hydrogen-bond acceptors (Lipinski definition) is 4. The standard InChI is InChI=1S/C18H15ClN2O4/c1-20(14-8-4-5-11(10-22)16(14)19)15(23)9-21-17(24)12-6-2-3-7-13(12)18(21)25/h2-8,22H,9-10H2,1H3. The second-order valence-electron chi connectivity index (χ2n) is 5.60. The molecule has 0 aromatic heterocycles. The summed E-state index contributed by atoms with van der Waals surface area (Å²) in [5, 5.41) is 9.53. The lowest BCUT2D eigenvalue weighted by molar-refractivity contribution is -0.118. The van der Waals surface area contributed by atoms with Crippen LogP contribution in [0, 0.1) is 0 Å². The van der Waals surface area contributed by atoms with Gasteiger partial charge in [-0.25, -0.2) is 0 Å². The van der Waals surface area contributed by atoms with Crippen molar-refractivity contribution < 1.29 is 19.5 Å². The quantitative estimate of drug-likeness (QED) is 0.849. The molecule has 0 fully saturated rings. The van der Waals surface area contributed by atoms with Gasteiger partial charge in [0, 0.05) is 7.05 Å². The van der Waals surface area contributed by atoms with Gasteiger partial charge in [0.1, 0.15) is 6.54 Å². The Bertz CT molecular complexity index is 846. The Balaban J connectivity index is 1.82. The number of hydrogen-bond donors (Lipinski definition) is 1. The van der Waals surface area contributed by atoms with Gasteiger partial charge in [0.15, 0.2) is 0 Å². The minimum atomic E-state index is -0.488. The van der Waals surface area contributed by atoms with Crippen LogP contribution in [0.3, 0.4) is 0 Å². The number of benzene rings is 2. The van der Waals surface area contributed by atoms with Crippen molar-refractivity contribution in [3.63, 3.8) is 0 Å². The number of amides is 3. The molecule has 1 heterocycles. The van der Waals surface area contributed by atoms with Gasteiger partial charge >= 0.3 is 0 Å². The smallest absolute Gasteiger partial charge is 0.262 e. The van der Waals surface area contributed by atoms with E-state index in [2.05, 4.69) is 0 Å². The molecule has 2 aromatic rings. The molecular weight excluding hydrogens is 344 g/mol. The number of aliphatic hydroxyl groups is 1. The topological polar surface area (TPSA) is 77.9 Å². The molecule has 1 aliphatic rings. The van der Waals surface area contributed by atoms with Gasteiger partial charge in [-0.2, -0.15) is 0 Å². The van der Waals surface area contributed by atoms with E-state index in [1.165, 1.54) is 11.9 Å². The van der Waals surface area contributed by atoms with Crippen LogP contribution < -0.4 is 4.90 Å². The third kappa shape index (κ3) is 2.90. The van der Waals surface area contributed by atoms with Gasteiger partial charge in [0.2, 0.25) is 5.91 Å². The summed E-state index contributed by atoms with van der Waals surface area (Å²) in [6.45, 7) is -0.643. The third-order valence-corrected chi connectivity index (χ3v) is 4.57. The van der Waals surface area contributed by atoms with Gasteiger partial charge in [-0.15, -0.1) is 0 Å². The van der Waals surface area contributed by atoms with Crippen molar-refractivity contribution in [1.29, 1.82) is 0 Å². The Labute approximate surface area is 149 Å². The fourth-order valence-electron chi connectivity index (χ4n) is 2.71. The van der Waals surface area contributed by atoms with E-state index < -0.39 is 17.7 Å². The number of aliphatic hydroxyl groups excluding tert-OH is 1. The first-order valence-electron chi connectivity index (χ1n) is 7.55. The fourth-order valence-corrected chi connectivity index (χ4v) is 3.02. The predicted octanol–water partition coefficient (Wildman–Crippen LogP) is 2.09. The summed E-state index contributed by atoms with van der Waals surface area (Å²) in [5.41, 5.74) is 1.47. The van der Waals surface area contributed by atoms with E-state index in [1.54, 1.807) is 42.5 Å². The summed E-state index contributed by atoms with van der Waals surface area (Å²) < 4.78 is 0. The van der Waals surface area contributed by atoms with Gasteiger partial charge < -0.3 is 10.0 Å². The van der Waals surface area contributed by atoms with Crippen LogP contribution in [0.1, 0.15) is 26.3 Å². The third-order valence-electron chi connectivity index (χ3n) is 4.14. The summed E-state index contributed by atoms with van der Waals surface area (Å²) in [5.74, 6) is -1.44. The second kappa shape index (κ2) is 6.66.